The second-order valence-corrected chi connectivity index (χ2v) is 8.08. The molecule has 0 aromatic rings. The Morgan fingerprint density at radius 3 is 2.04 bits per heavy atom. The summed E-state index contributed by atoms with van der Waals surface area (Å²) in [6.07, 6.45) is 17.6. The van der Waals surface area contributed by atoms with Gasteiger partial charge in [-0.2, -0.15) is 0 Å². The normalized spacial score (nSPS) is 23.6. The lowest BCUT2D eigenvalue weighted by Gasteiger charge is -2.20. The summed E-state index contributed by atoms with van der Waals surface area (Å²) in [7, 11) is 0. The molecule has 1 aliphatic rings. The average Bonchev–Trinajstić information content (AvgIpc) is 3.03. The molecule has 0 aliphatic carbocycles. The molecule has 1 aliphatic heterocycles. The summed E-state index contributed by atoms with van der Waals surface area (Å²) in [6, 6.07) is 0. The second kappa shape index (κ2) is 17.4. The van der Waals surface area contributed by atoms with Crippen LogP contribution in [0.2, 0.25) is 0 Å². The Hall–Kier alpha value is -0.460. The van der Waals surface area contributed by atoms with Crippen LogP contribution in [0.5, 0.6) is 0 Å². The highest BCUT2D eigenvalue weighted by molar-refractivity contribution is 4.87. The standard InChI is InChI=1S/C23H44O5/c1-2-3-4-5-6-7-8-9-10-11-12-13-14-15-16-17-27-18-21(25)23-22(26)20(24)19-28-23/h7-8,20-26H,2-6,9-19H2,1H3/b8-7+/t20-,21+,22-,23-/m1/s1. The van der Waals surface area contributed by atoms with Crippen molar-refractivity contribution in [2.45, 2.75) is 115 Å². The average molecular weight is 401 g/mol. The van der Waals surface area contributed by atoms with E-state index in [0.717, 1.165) is 12.8 Å². The lowest BCUT2D eigenvalue weighted by molar-refractivity contribution is -0.0813. The lowest BCUT2D eigenvalue weighted by atomic mass is 10.1. The van der Waals surface area contributed by atoms with E-state index in [9.17, 15) is 15.3 Å². The number of aliphatic hydroxyl groups excluding tert-OH is 3. The predicted molar refractivity (Wildman–Crippen MR) is 113 cm³/mol. The Kier molecular flexibility index (Phi) is 15.9. The first-order chi connectivity index (χ1) is 13.7. The summed E-state index contributed by atoms with van der Waals surface area (Å²) >= 11 is 0. The van der Waals surface area contributed by atoms with E-state index in [2.05, 4.69) is 19.1 Å². The third-order valence-electron chi connectivity index (χ3n) is 5.41. The van der Waals surface area contributed by atoms with Gasteiger partial charge in [0.05, 0.1) is 13.2 Å². The maximum atomic E-state index is 9.94. The molecule has 0 aromatic carbocycles. The smallest absolute Gasteiger partial charge is 0.114 e. The van der Waals surface area contributed by atoms with Gasteiger partial charge in [0, 0.05) is 6.61 Å². The van der Waals surface area contributed by atoms with Gasteiger partial charge in [0.1, 0.15) is 24.4 Å². The van der Waals surface area contributed by atoms with Crippen molar-refractivity contribution in [3.05, 3.63) is 12.2 Å². The number of hydrogen-bond acceptors (Lipinski definition) is 5. The Bertz CT molecular complexity index is 374. The zero-order chi connectivity index (χ0) is 20.5. The first-order valence-corrected chi connectivity index (χ1v) is 11.5. The van der Waals surface area contributed by atoms with Gasteiger partial charge in [-0.1, -0.05) is 70.4 Å². The van der Waals surface area contributed by atoms with Crippen molar-refractivity contribution in [3.8, 4) is 0 Å². The summed E-state index contributed by atoms with van der Waals surface area (Å²) in [5.74, 6) is 0. The van der Waals surface area contributed by atoms with Crippen LogP contribution in [0.1, 0.15) is 90.4 Å². The number of hydrogen-bond donors (Lipinski definition) is 3. The molecule has 3 N–H and O–H groups in total. The SMILES string of the molecule is CCCCCC/C=C/CCCCCCCCCOC[C@H](O)[C@H]1OC[C@@H](O)[C@H]1O. The van der Waals surface area contributed by atoms with Gasteiger partial charge in [-0.25, -0.2) is 0 Å². The zero-order valence-corrected chi connectivity index (χ0v) is 17.9. The maximum Gasteiger partial charge on any atom is 0.114 e. The minimum Gasteiger partial charge on any atom is -0.388 e. The van der Waals surface area contributed by atoms with Gasteiger partial charge in [0.25, 0.3) is 0 Å². The van der Waals surface area contributed by atoms with E-state index in [1.165, 1.54) is 70.6 Å². The van der Waals surface area contributed by atoms with Crippen molar-refractivity contribution in [1.82, 2.24) is 0 Å². The third-order valence-corrected chi connectivity index (χ3v) is 5.41. The van der Waals surface area contributed by atoms with E-state index >= 15 is 0 Å². The molecule has 1 rings (SSSR count). The van der Waals surface area contributed by atoms with Crippen LogP contribution in [-0.2, 0) is 9.47 Å². The van der Waals surface area contributed by atoms with E-state index in [-0.39, 0.29) is 13.2 Å². The minimum absolute atomic E-state index is 0.0677. The molecule has 0 saturated carbocycles. The molecule has 0 amide bonds. The highest BCUT2D eigenvalue weighted by atomic mass is 16.5. The largest absolute Gasteiger partial charge is 0.388 e. The van der Waals surface area contributed by atoms with Crippen molar-refractivity contribution in [3.63, 3.8) is 0 Å². The van der Waals surface area contributed by atoms with Gasteiger partial charge in [-0.3, -0.25) is 0 Å². The molecule has 0 bridgehead atoms. The molecular weight excluding hydrogens is 356 g/mol. The Labute approximate surface area is 172 Å². The summed E-state index contributed by atoms with van der Waals surface area (Å²) in [5, 5.41) is 29.0. The molecule has 28 heavy (non-hydrogen) atoms. The van der Waals surface area contributed by atoms with E-state index < -0.39 is 24.4 Å². The van der Waals surface area contributed by atoms with Crippen molar-refractivity contribution in [2.75, 3.05) is 19.8 Å². The fourth-order valence-electron chi connectivity index (χ4n) is 3.54. The summed E-state index contributed by atoms with van der Waals surface area (Å²) in [6.45, 7) is 3.08. The molecule has 5 heteroatoms. The van der Waals surface area contributed by atoms with E-state index in [4.69, 9.17) is 9.47 Å². The minimum atomic E-state index is -1.03. The fraction of sp³-hybridized carbons (Fsp3) is 0.913. The summed E-state index contributed by atoms with van der Waals surface area (Å²) in [5.41, 5.74) is 0. The van der Waals surface area contributed by atoms with E-state index in [1.807, 2.05) is 0 Å². The molecular formula is C23H44O5. The molecule has 0 spiro atoms. The van der Waals surface area contributed by atoms with Gasteiger partial charge in [-0.15, -0.1) is 0 Å². The molecule has 166 valence electrons. The first-order valence-electron chi connectivity index (χ1n) is 11.5. The van der Waals surface area contributed by atoms with Crippen LogP contribution in [0.3, 0.4) is 0 Å². The van der Waals surface area contributed by atoms with Crippen LogP contribution in [0, 0.1) is 0 Å². The number of ether oxygens (including phenoxy) is 2. The highest BCUT2D eigenvalue weighted by Gasteiger charge is 2.39. The van der Waals surface area contributed by atoms with Crippen LogP contribution in [0.4, 0.5) is 0 Å². The van der Waals surface area contributed by atoms with Gasteiger partial charge in [0.15, 0.2) is 0 Å². The highest BCUT2D eigenvalue weighted by Crippen LogP contribution is 2.18. The third kappa shape index (κ3) is 12.2. The van der Waals surface area contributed by atoms with Gasteiger partial charge in [0.2, 0.25) is 0 Å². The molecule has 0 unspecified atom stereocenters. The second-order valence-electron chi connectivity index (χ2n) is 8.08. The van der Waals surface area contributed by atoms with Crippen LogP contribution in [-0.4, -0.2) is 59.6 Å². The molecule has 1 fully saturated rings. The summed E-state index contributed by atoms with van der Waals surface area (Å²) < 4.78 is 10.7. The molecule has 1 heterocycles. The molecule has 5 nitrogen and oxygen atoms in total. The summed E-state index contributed by atoms with van der Waals surface area (Å²) in [4.78, 5) is 0. The maximum absolute atomic E-state index is 9.94. The van der Waals surface area contributed by atoms with Gasteiger partial charge in [-0.05, 0) is 32.1 Å². The van der Waals surface area contributed by atoms with Crippen LogP contribution in [0.25, 0.3) is 0 Å². The van der Waals surface area contributed by atoms with Crippen molar-refractivity contribution < 1.29 is 24.8 Å². The topological polar surface area (TPSA) is 79.2 Å². The Morgan fingerprint density at radius 2 is 1.46 bits per heavy atom. The Balaban J connectivity index is 1.79. The quantitative estimate of drug-likeness (QED) is 0.238. The van der Waals surface area contributed by atoms with Crippen molar-refractivity contribution >= 4 is 0 Å². The number of rotatable bonds is 18. The molecule has 0 radical (unpaired) electrons. The lowest BCUT2D eigenvalue weighted by Crippen LogP contribution is -2.40. The number of allylic oxidation sites excluding steroid dienone is 2. The zero-order valence-electron chi connectivity index (χ0n) is 17.9. The van der Waals surface area contributed by atoms with Crippen LogP contribution >= 0.6 is 0 Å². The van der Waals surface area contributed by atoms with Crippen LogP contribution < -0.4 is 0 Å². The first kappa shape index (κ1) is 25.6. The number of unbranched alkanes of at least 4 members (excludes halogenated alkanes) is 11. The monoisotopic (exact) mass is 400 g/mol. The molecule has 4 atom stereocenters. The van der Waals surface area contributed by atoms with Crippen molar-refractivity contribution in [1.29, 1.82) is 0 Å². The van der Waals surface area contributed by atoms with Gasteiger partial charge < -0.3 is 24.8 Å². The van der Waals surface area contributed by atoms with Gasteiger partial charge >= 0.3 is 0 Å². The van der Waals surface area contributed by atoms with Crippen LogP contribution in [0.15, 0.2) is 12.2 Å². The molecule has 1 saturated heterocycles. The number of aliphatic hydroxyl groups is 3. The predicted octanol–water partition coefficient (Wildman–Crippen LogP) is 4.13. The fourth-order valence-corrected chi connectivity index (χ4v) is 3.54. The van der Waals surface area contributed by atoms with Crippen molar-refractivity contribution in [2.24, 2.45) is 0 Å². The molecule has 0 aromatic heterocycles. The Morgan fingerprint density at radius 1 is 0.893 bits per heavy atom. The van der Waals surface area contributed by atoms with E-state index in [0.29, 0.717) is 6.61 Å². The van der Waals surface area contributed by atoms with E-state index in [1.54, 1.807) is 0 Å².